The number of ether oxygens (including phenoxy) is 1. The topological polar surface area (TPSA) is 44.8 Å². The molecule has 1 saturated heterocycles. The van der Waals surface area contributed by atoms with E-state index >= 15 is 0 Å². The number of halogens is 3. The molecular weight excluding hydrogens is 491 g/mol. The van der Waals surface area contributed by atoms with Gasteiger partial charge in [-0.2, -0.15) is 13.2 Å². The molecule has 1 atom stereocenters. The molecule has 0 aromatic heterocycles. The molecule has 0 aliphatic carbocycles. The number of piperazine rings is 1. The molecule has 1 amide bonds. The molecule has 210 valence electrons. The van der Waals surface area contributed by atoms with E-state index in [-0.39, 0.29) is 17.5 Å². The Kier molecular flexibility index (Phi) is 11.0. The molecule has 1 aliphatic heterocycles. The number of benzene rings is 2. The van der Waals surface area contributed by atoms with E-state index in [1.807, 2.05) is 0 Å². The van der Waals surface area contributed by atoms with Crippen LogP contribution in [-0.2, 0) is 6.18 Å². The summed E-state index contributed by atoms with van der Waals surface area (Å²) in [6.45, 7) is 13.8. The van der Waals surface area contributed by atoms with Gasteiger partial charge in [0.1, 0.15) is 5.75 Å². The third-order valence-corrected chi connectivity index (χ3v) is 7.55. The van der Waals surface area contributed by atoms with Crippen LogP contribution in [0.1, 0.15) is 78.2 Å². The van der Waals surface area contributed by atoms with Crippen molar-refractivity contribution in [2.75, 3.05) is 45.9 Å². The molecule has 0 saturated carbocycles. The highest BCUT2D eigenvalue weighted by molar-refractivity contribution is 5.94. The zero-order valence-corrected chi connectivity index (χ0v) is 23.2. The van der Waals surface area contributed by atoms with Crippen molar-refractivity contribution in [2.45, 2.75) is 65.6 Å². The van der Waals surface area contributed by atoms with Gasteiger partial charge in [0.2, 0.25) is 0 Å². The van der Waals surface area contributed by atoms with Crippen molar-refractivity contribution in [2.24, 2.45) is 0 Å². The zero-order chi connectivity index (χ0) is 27.7. The minimum atomic E-state index is -4.41. The molecule has 2 aromatic carbocycles. The standard InChI is InChI=1S/C30H42F3N3O2/c1-5-6-7-15-34-16-8-21-38-28-14-13-27(22(2)23(28)3)24(4)35-17-19-36(20-18-35)29(37)25-9-11-26(12-10-25)30(31,32)33/h9-14,24,34H,5-8,15-21H2,1-4H3. The van der Waals surface area contributed by atoms with Gasteiger partial charge in [0.15, 0.2) is 0 Å². The summed E-state index contributed by atoms with van der Waals surface area (Å²) in [5, 5.41) is 3.47. The largest absolute Gasteiger partial charge is 0.493 e. The van der Waals surface area contributed by atoms with Crippen molar-refractivity contribution >= 4 is 5.91 Å². The third-order valence-electron chi connectivity index (χ3n) is 7.55. The molecule has 5 nitrogen and oxygen atoms in total. The molecule has 1 heterocycles. The fourth-order valence-electron chi connectivity index (χ4n) is 4.92. The van der Waals surface area contributed by atoms with E-state index in [1.165, 1.54) is 42.5 Å². The lowest BCUT2D eigenvalue weighted by molar-refractivity contribution is -0.137. The number of hydrogen-bond acceptors (Lipinski definition) is 4. The molecule has 1 aliphatic rings. The first-order valence-electron chi connectivity index (χ1n) is 13.8. The second kappa shape index (κ2) is 14.0. The van der Waals surface area contributed by atoms with Crippen LogP contribution < -0.4 is 10.1 Å². The number of hydrogen-bond donors (Lipinski definition) is 1. The molecule has 0 radical (unpaired) electrons. The van der Waals surface area contributed by atoms with Crippen LogP contribution in [0, 0.1) is 13.8 Å². The monoisotopic (exact) mass is 533 g/mol. The highest BCUT2D eigenvalue weighted by Crippen LogP contribution is 2.32. The molecule has 0 bridgehead atoms. The number of rotatable bonds is 12. The first-order chi connectivity index (χ1) is 18.1. The Morgan fingerprint density at radius 3 is 2.24 bits per heavy atom. The molecule has 8 heteroatoms. The summed E-state index contributed by atoms with van der Waals surface area (Å²) in [6, 6.07) is 8.85. The third kappa shape index (κ3) is 7.96. The Morgan fingerprint density at radius 1 is 0.947 bits per heavy atom. The summed E-state index contributed by atoms with van der Waals surface area (Å²) in [7, 11) is 0. The average molecular weight is 534 g/mol. The predicted molar refractivity (Wildman–Crippen MR) is 146 cm³/mol. The van der Waals surface area contributed by atoms with Crippen LogP contribution >= 0.6 is 0 Å². The quantitative estimate of drug-likeness (QED) is 0.321. The number of amides is 1. The molecule has 1 fully saturated rings. The maximum Gasteiger partial charge on any atom is 0.416 e. The van der Waals surface area contributed by atoms with E-state index in [4.69, 9.17) is 4.74 Å². The van der Waals surface area contributed by atoms with Gasteiger partial charge in [0.05, 0.1) is 12.2 Å². The van der Waals surface area contributed by atoms with Gasteiger partial charge in [-0.25, -0.2) is 0 Å². The number of unbranched alkanes of at least 4 members (excludes halogenated alkanes) is 2. The number of carbonyl (C=O) groups excluding carboxylic acids is 1. The van der Waals surface area contributed by atoms with E-state index < -0.39 is 11.7 Å². The van der Waals surface area contributed by atoms with Crippen LogP contribution in [0.4, 0.5) is 13.2 Å². The lowest BCUT2D eigenvalue weighted by Gasteiger charge is -2.39. The Bertz CT molecular complexity index is 1030. The first-order valence-corrected chi connectivity index (χ1v) is 13.8. The van der Waals surface area contributed by atoms with Gasteiger partial charge in [-0.05, 0) is 93.7 Å². The average Bonchev–Trinajstić information content (AvgIpc) is 2.91. The van der Waals surface area contributed by atoms with Crippen LogP contribution in [-0.4, -0.2) is 61.6 Å². The van der Waals surface area contributed by atoms with Crippen molar-refractivity contribution in [1.29, 1.82) is 0 Å². The molecular formula is C30H42F3N3O2. The Hall–Kier alpha value is -2.58. The summed E-state index contributed by atoms with van der Waals surface area (Å²) in [4.78, 5) is 16.9. The summed E-state index contributed by atoms with van der Waals surface area (Å²) in [5.41, 5.74) is 3.16. The van der Waals surface area contributed by atoms with Crippen molar-refractivity contribution in [1.82, 2.24) is 15.1 Å². The maximum absolute atomic E-state index is 12.8. The number of nitrogens with zero attached hydrogens (tertiary/aromatic N) is 2. The molecule has 0 spiro atoms. The Balaban J connectivity index is 1.50. The van der Waals surface area contributed by atoms with Crippen LogP contribution in [0.3, 0.4) is 0 Å². The minimum Gasteiger partial charge on any atom is -0.493 e. The van der Waals surface area contributed by atoms with E-state index in [9.17, 15) is 18.0 Å². The van der Waals surface area contributed by atoms with Gasteiger partial charge in [0.25, 0.3) is 5.91 Å². The molecule has 1 N–H and O–H groups in total. The van der Waals surface area contributed by atoms with E-state index in [0.29, 0.717) is 32.8 Å². The fourth-order valence-corrected chi connectivity index (χ4v) is 4.92. The summed E-state index contributed by atoms with van der Waals surface area (Å²) < 4.78 is 44.6. The zero-order valence-electron chi connectivity index (χ0n) is 23.2. The van der Waals surface area contributed by atoms with Gasteiger partial charge in [-0.1, -0.05) is 25.8 Å². The van der Waals surface area contributed by atoms with Crippen molar-refractivity contribution < 1.29 is 22.7 Å². The molecule has 38 heavy (non-hydrogen) atoms. The van der Waals surface area contributed by atoms with Gasteiger partial charge < -0.3 is 15.0 Å². The smallest absolute Gasteiger partial charge is 0.416 e. The van der Waals surface area contributed by atoms with Crippen LogP contribution in [0.5, 0.6) is 5.75 Å². The molecule has 3 rings (SSSR count). The highest BCUT2D eigenvalue weighted by atomic mass is 19.4. The number of carbonyl (C=O) groups is 1. The second-order valence-corrected chi connectivity index (χ2v) is 10.1. The Morgan fingerprint density at radius 2 is 1.61 bits per heavy atom. The van der Waals surface area contributed by atoms with Crippen LogP contribution in [0.25, 0.3) is 0 Å². The second-order valence-electron chi connectivity index (χ2n) is 10.1. The number of nitrogens with one attached hydrogen (secondary N) is 1. The summed E-state index contributed by atoms with van der Waals surface area (Å²) in [5.74, 6) is 0.701. The summed E-state index contributed by atoms with van der Waals surface area (Å²) >= 11 is 0. The highest BCUT2D eigenvalue weighted by Gasteiger charge is 2.31. The lowest BCUT2D eigenvalue weighted by Crippen LogP contribution is -2.49. The van der Waals surface area contributed by atoms with Gasteiger partial charge in [-0.15, -0.1) is 0 Å². The van der Waals surface area contributed by atoms with Crippen molar-refractivity contribution in [3.8, 4) is 5.75 Å². The normalized spacial score (nSPS) is 15.5. The summed E-state index contributed by atoms with van der Waals surface area (Å²) in [6.07, 6.45) is 0.288. The predicted octanol–water partition coefficient (Wildman–Crippen LogP) is 6.39. The van der Waals surface area contributed by atoms with E-state index in [0.717, 1.165) is 43.0 Å². The van der Waals surface area contributed by atoms with Crippen LogP contribution in [0.2, 0.25) is 0 Å². The Labute approximate surface area is 225 Å². The van der Waals surface area contributed by atoms with E-state index in [1.54, 1.807) is 4.90 Å². The fraction of sp³-hybridized carbons (Fsp3) is 0.567. The van der Waals surface area contributed by atoms with Gasteiger partial charge in [-0.3, -0.25) is 9.69 Å². The molecule has 2 aromatic rings. The number of alkyl halides is 3. The minimum absolute atomic E-state index is 0.179. The SMILES string of the molecule is CCCCCNCCCOc1ccc(C(C)N2CCN(C(=O)c3ccc(C(F)(F)F)cc3)CC2)c(C)c1C. The van der Waals surface area contributed by atoms with Gasteiger partial charge in [0, 0.05) is 37.8 Å². The van der Waals surface area contributed by atoms with Crippen molar-refractivity contribution in [3.63, 3.8) is 0 Å². The van der Waals surface area contributed by atoms with E-state index in [2.05, 4.69) is 50.0 Å². The van der Waals surface area contributed by atoms with Gasteiger partial charge >= 0.3 is 6.18 Å². The first kappa shape index (κ1) is 30.0. The maximum atomic E-state index is 12.8. The lowest BCUT2D eigenvalue weighted by atomic mass is 9.96. The molecule has 1 unspecified atom stereocenters. The van der Waals surface area contributed by atoms with Crippen molar-refractivity contribution in [3.05, 3.63) is 64.2 Å². The van der Waals surface area contributed by atoms with Crippen LogP contribution in [0.15, 0.2) is 36.4 Å².